The maximum Gasteiger partial charge on any atom is 0.249 e. The third-order valence-electron chi connectivity index (χ3n) is 5.18. The maximum absolute atomic E-state index is 11.8. The van der Waals surface area contributed by atoms with Crippen LogP contribution in [0.25, 0.3) is 21.3 Å². The minimum atomic E-state index is -0.436. The van der Waals surface area contributed by atoms with Crippen molar-refractivity contribution < 1.29 is 14.3 Å². The number of thiophene rings is 1. The van der Waals surface area contributed by atoms with Crippen LogP contribution in [-0.2, 0) is 0 Å². The summed E-state index contributed by atoms with van der Waals surface area (Å²) < 4.78 is 10.9. The number of methoxy groups -OCH3 is 2. The maximum atomic E-state index is 11.8. The molecule has 2 aromatic heterocycles. The van der Waals surface area contributed by atoms with Crippen molar-refractivity contribution in [2.75, 3.05) is 19.5 Å². The van der Waals surface area contributed by atoms with Gasteiger partial charge in [0.2, 0.25) is 5.91 Å². The molecule has 4 rings (SSSR count). The zero-order valence-corrected chi connectivity index (χ0v) is 19.1. The zero-order chi connectivity index (χ0) is 22.8. The second-order valence-electron chi connectivity index (χ2n) is 7.32. The number of primary amides is 1. The summed E-state index contributed by atoms with van der Waals surface area (Å²) >= 11 is 1.61. The van der Waals surface area contributed by atoms with Crippen LogP contribution in [0.2, 0.25) is 0 Å². The number of amides is 1. The Morgan fingerprint density at radius 2 is 1.78 bits per heavy atom. The summed E-state index contributed by atoms with van der Waals surface area (Å²) in [5, 5.41) is 4.35. The summed E-state index contributed by atoms with van der Waals surface area (Å²) in [7, 11) is 3.20. The van der Waals surface area contributed by atoms with Gasteiger partial charge in [0.15, 0.2) is 11.5 Å². The van der Waals surface area contributed by atoms with Crippen LogP contribution < -0.4 is 20.5 Å². The van der Waals surface area contributed by atoms with Crippen molar-refractivity contribution in [2.45, 2.75) is 19.9 Å². The Kier molecular flexibility index (Phi) is 5.96. The van der Waals surface area contributed by atoms with Crippen LogP contribution in [0.15, 0.2) is 48.5 Å². The van der Waals surface area contributed by atoms with E-state index in [1.165, 1.54) is 0 Å². The fraction of sp³-hybridized carbons (Fsp3) is 0.208. The van der Waals surface area contributed by atoms with Gasteiger partial charge >= 0.3 is 0 Å². The molecule has 0 spiro atoms. The second kappa shape index (κ2) is 8.84. The number of anilines is 1. The fourth-order valence-electron chi connectivity index (χ4n) is 3.60. The van der Waals surface area contributed by atoms with Gasteiger partial charge in [-0.05, 0) is 38.1 Å². The molecular weight excluding hydrogens is 424 g/mol. The van der Waals surface area contributed by atoms with E-state index in [0.29, 0.717) is 28.7 Å². The molecule has 8 heteroatoms. The number of hydrogen-bond donors (Lipinski definition) is 2. The fourth-order valence-corrected chi connectivity index (χ4v) is 4.65. The van der Waals surface area contributed by atoms with Gasteiger partial charge in [0, 0.05) is 32.3 Å². The molecule has 0 saturated carbocycles. The number of benzene rings is 2. The van der Waals surface area contributed by atoms with E-state index in [9.17, 15) is 4.79 Å². The first-order valence-electron chi connectivity index (χ1n) is 10.1. The monoisotopic (exact) mass is 448 g/mol. The van der Waals surface area contributed by atoms with Gasteiger partial charge in [-0.1, -0.05) is 18.2 Å². The number of carbonyl (C=O) groups excluding carboxylic acids is 1. The SMILES string of the molecule is COc1cc2nc(C)nc(NC(C)c3ccc(-c4ccccc4C(N)=O)s3)c2cc1OC. The highest BCUT2D eigenvalue weighted by atomic mass is 32.1. The Morgan fingerprint density at radius 1 is 1.06 bits per heavy atom. The molecule has 0 aliphatic heterocycles. The largest absolute Gasteiger partial charge is 0.493 e. The van der Waals surface area contributed by atoms with Gasteiger partial charge in [0.05, 0.1) is 25.8 Å². The summed E-state index contributed by atoms with van der Waals surface area (Å²) in [6.45, 7) is 3.93. The molecule has 164 valence electrons. The molecule has 1 unspecified atom stereocenters. The van der Waals surface area contributed by atoms with E-state index < -0.39 is 5.91 Å². The predicted octanol–water partition coefficient (Wildman–Crippen LogP) is 4.96. The molecule has 2 aromatic carbocycles. The lowest BCUT2D eigenvalue weighted by molar-refractivity contribution is 0.100. The molecule has 0 saturated heterocycles. The molecule has 3 N–H and O–H groups in total. The molecule has 1 amide bonds. The Balaban J connectivity index is 1.68. The van der Waals surface area contributed by atoms with Crippen molar-refractivity contribution in [3.8, 4) is 21.9 Å². The highest BCUT2D eigenvalue weighted by Crippen LogP contribution is 2.37. The number of nitrogens with two attached hydrogens (primary N) is 1. The standard InChI is InChI=1S/C24H24N4O3S/c1-13(21-9-10-22(32-21)15-7-5-6-8-16(15)23(25)29)26-24-17-11-19(30-3)20(31-4)12-18(17)27-14(2)28-24/h5-13H,1-4H3,(H2,25,29)(H,26,27,28). The van der Waals surface area contributed by atoms with Crippen molar-refractivity contribution in [2.24, 2.45) is 5.73 Å². The van der Waals surface area contributed by atoms with E-state index in [-0.39, 0.29) is 6.04 Å². The van der Waals surface area contributed by atoms with E-state index >= 15 is 0 Å². The van der Waals surface area contributed by atoms with Crippen molar-refractivity contribution >= 4 is 34.0 Å². The van der Waals surface area contributed by atoms with E-state index in [4.69, 9.17) is 15.2 Å². The van der Waals surface area contributed by atoms with E-state index in [1.54, 1.807) is 31.6 Å². The van der Waals surface area contributed by atoms with E-state index in [2.05, 4.69) is 28.3 Å². The first-order chi connectivity index (χ1) is 15.4. The molecular formula is C24H24N4O3S. The van der Waals surface area contributed by atoms with Crippen LogP contribution in [0.5, 0.6) is 11.5 Å². The molecule has 0 aliphatic rings. The van der Waals surface area contributed by atoms with E-state index in [0.717, 1.165) is 26.2 Å². The first kappa shape index (κ1) is 21.6. The topological polar surface area (TPSA) is 99.4 Å². The minimum Gasteiger partial charge on any atom is -0.493 e. The number of aryl methyl sites for hydroxylation is 1. The van der Waals surface area contributed by atoms with Crippen molar-refractivity contribution in [3.05, 3.63) is 64.8 Å². The summed E-state index contributed by atoms with van der Waals surface area (Å²) in [6, 6.07) is 15.1. The third kappa shape index (κ3) is 4.09. The average Bonchev–Trinajstić information content (AvgIpc) is 3.28. The van der Waals surface area contributed by atoms with Gasteiger partial charge in [0.25, 0.3) is 0 Å². The smallest absolute Gasteiger partial charge is 0.249 e. The summed E-state index contributed by atoms with van der Waals surface area (Å²) in [4.78, 5) is 23.1. The minimum absolute atomic E-state index is 0.0277. The highest BCUT2D eigenvalue weighted by molar-refractivity contribution is 7.15. The molecule has 4 aromatic rings. The molecule has 32 heavy (non-hydrogen) atoms. The van der Waals surface area contributed by atoms with Crippen LogP contribution in [0.3, 0.4) is 0 Å². The number of nitrogens with one attached hydrogen (secondary N) is 1. The Bertz CT molecular complexity index is 1300. The number of nitrogens with zero attached hydrogens (tertiary/aromatic N) is 2. The molecule has 0 bridgehead atoms. The molecule has 2 heterocycles. The molecule has 7 nitrogen and oxygen atoms in total. The Morgan fingerprint density at radius 3 is 2.50 bits per heavy atom. The Hall–Kier alpha value is -3.65. The van der Waals surface area contributed by atoms with Crippen LogP contribution in [0, 0.1) is 6.92 Å². The van der Waals surface area contributed by atoms with Crippen LogP contribution in [0.1, 0.15) is 34.0 Å². The average molecular weight is 449 g/mol. The Labute approximate surface area is 190 Å². The van der Waals surface area contributed by atoms with Gasteiger partial charge in [-0.3, -0.25) is 4.79 Å². The quantitative estimate of drug-likeness (QED) is 0.415. The van der Waals surface area contributed by atoms with Gasteiger partial charge in [-0.2, -0.15) is 0 Å². The van der Waals surface area contributed by atoms with Crippen molar-refractivity contribution in [1.82, 2.24) is 9.97 Å². The number of fused-ring (bicyclic) bond motifs is 1. The normalized spacial score (nSPS) is 11.9. The highest BCUT2D eigenvalue weighted by Gasteiger charge is 2.17. The lowest BCUT2D eigenvalue weighted by Crippen LogP contribution is -2.11. The second-order valence-corrected chi connectivity index (χ2v) is 8.44. The lowest BCUT2D eigenvalue weighted by atomic mass is 10.1. The van der Waals surface area contributed by atoms with Gasteiger partial charge < -0.3 is 20.5 Å². The zero-order valence-electron chi connectivity index (χ0n) is 18.3. The summed E-state index contributed by atoms with van der Waals surface area (Å²) in [5.41, 5.74) is 7.67. The van der Waals surface area contributed by atoms with Gasteiger partial charge in [-0.15, -0.1) is 11.3 Å². The van der Waals surface area contributed by atoms with Crippen LogP contribution in [-0.4, -0.2) is 30.1 Å². The van der Waals surface area contributed by atoms with E-state index in [1.807, 2.05) is 43.3 Å². The van der Waals surface area contributed by atoms with Gasteiger partial charge in [0.1, 0.15) is 11.6 Å². The number of rotatable bonds is 7. The lowest BCUT2D eigenvalue weighted by Gasteiger charge is -2.16. The predicted molar refractivity (Wildman–Crippen MR) is 128 cm³/mol. The molecule has 0 aliphatic carbocycles. The van der Waals surface area contributed by atoms with Crippen LogP contribution in [0.4, 0.5) is 5.82 Å². The number of aromatic nitrogens is 2. The molecule has 0 radical (unpaired) electrons. The molecule has 0 fully saturated rings. The summed E-state index contributed by atoms with van der Waals surface area (Å²) in [5.74, 6) is 2.17. The first-order valence-corrected chi connectivity index (χ1v) is 10.9. The molecule has 1 atom stereocenters. The van der Waals surface area contributed by atoms with Crippen molar-refractivity contribution in [3.63, 3.8) is 0 Å². The summed E-state index contributed by atoms with van der Waals surface area (Å²) in [6.07, 6.45) is 0. The van der Waals surface area contributed by atoms with Crippen LogP contribution >= 0.6 is 11.3 Å². The number of hydrogen-bond acceptors (Lipinski definition) is 7. The third-order valence-corrected chi connectivity index (χ3v) is 6.48. The van der Waals surface area contributed by atoms with Gasteiger partial charge in [-0.25, -0.2) is 9.97 Å². The number of ether oxygens (including phenoxy) is 2. The van der Waals surface area contributed by atoms with Crippen molar-refractivity contribution in [1.29, 1.82) is 0 Å². The number of carbonyl (C=O) groups is 1.